The van der Waals surface area contributed by atoms with Gasteiger partial charge in [0.1, 0.15) is 11.5 Å². The van der Waals surface area contributed by atoms with Crippen LogP contribution in [0, 0.1) is 0 Å². The fourth-order valence-electron chi connectivity index (χ4n) is 2.25. The molecule has 0 bridgehead atoms. The first-order valence-electron chi connectivity index (χ1n) is 6.78. The highest BCUT2D eigenvalue weighted by atomic mass is 16.3. The zero-order valence-corrected chi connectivity index (χ0v) is 12.3. The van der Waals surface area contributed by atoms with Crippen LogP contribution in [0.2, 0.25) is 0 Å². The van der Waals surface area contributed by atoms with Gasteiger partial charge in [-0.05, 0) is 41.3 Å². The molecular weight excluding hydrogens is 284 g/mol. The molecule has 0 radical (unpaired) electrons. The van der Waals surface area contributed by atoms with E-state index in [4.69, 9.17) is 0 Å². The monoisotopic (exact) mass is 302 g/mol. The number of aromatic hydroxyl groups is 5. The van der Waals surface area contributed by atoms with Crippen LogP contribution < -0.4 is 0 Å². The van der Waals surface area contributed by atoms with Gasteiger partial charge in [-0.2, -0.15) is 0 Å². The number of rotatable bonds is 3. The number of phenolic OH excluding ortho intramolecular Hbond substituents is 5. The van der Waals surface area contributed by atoms with Crippen molar-refractivity contribution in [3.8, 4) is 28.7 Å². The van der Waals surface area contributed by atoms with Crippen molar-refractivity contribution in [1.82, 2.24) is 0 Å². The molecule has 0 aliphatic rings. The summed E-state index contributed by atoms with van der Waals surface area (Å²) in [5.74, 6) is -1.43. The van der Waals surface area contributed by atoms with Gasteiger partial charge in [-0.15, -0.1) is 0 Å². The first kappa shape index (κ1) is 15.6. The first-order valence-corrected chi connectivity index (χ1v) is 6.78. The summed E-state index contributed by atoms with van der Waals surface area (Å²) in [6.07, 6.45) is 3.18. The van der Waals surface area contributed by atoms with Gasteiger partial charge in [-0.1, -0.05) is 26.0 Å². The van der Waals surface area contributed by atoms with Gasteiger partial charge < -0.3 is 25.5 Å². The van der Waals surface area contributed by atoms with Gasteiger partial charge in [0.05, 0.1) is 0 Å². The molecule has 2 aromatic carbocycles. The molecule has 5 N–H and O–H groups in total. The molecule has 0 aliphatic carbocycles. The van der Waals surface area contributed by atoms with Crippen LogP contribution in [0.3, 0.4) is 0 Å². The third kappa shape index (κ3) is 3.09. The second kappa shape index (κ2) is 5.89. The van der Waals surface area contributed by atoms with Crippen molar-refractivity contribution in [2.24, 2.45) is 0 Å². The Labute approximate surface area is 128 Å². The largest absolute Gasteiger partial charge is 0.507 e. The Balaban J connectivity index is 2.35. The first-order chi connectivity index (χ1) is 10.3. The Kier molecular flexibility index (Phi) is 4.17. The van der Waals surface area contributed by atoms with E-state index in [0.717, 1.165) is 0 Å². The summed E-state index contributed by atoms with van der Waals surface area (Å²) in [5.41, 5.74) is 1.50. The predicted molar refractivity (Wildman–Crippen MR) is 84.2 cm³/mol. The molecule has 22 heavy (non-hydrogen) atoms. The zero-order valence-electron chi connectivity index (χ0n) is 12.3. The third-order valence-electron chi connectivity index (χ3n) is 3.30. The Bertz CT molecular complexity index is 686. The van der Waals surface area contributed by atoms with Crippen LogP contribution in [0.5, 0.6) is 28.7 Å². The molecule has 5 nitrogen and oxygen atoms in total. The molecule has 116 valence electrons. The van der Waals surface area contributed by atoms with Crippen LogP contribution in [-0.2, 0) is 0 Å². The summed E-state index contributed by atoms with van der Waals surface area (Å²) < 4.78 is 0. The number of hydrogen-bond acceptors (Lipinski definition) is 5. The van der Waals surface area contributed by atoms with Crippen LogP contribution in [0.4, 0.5) is 0 Å². The molecule has 5 heteroatoms. The van der Waals surface area contributed by atoms with Crippen molar-refractivity contribution < 1.29 is 25.5 Å². The number of benzene rings is 2. The van der Waals surface area contributed by atoms with Crippen LogP contribution in [0.1, 0.15) is 36.5 Å². The Morgan fingerprint density at radius 1 is 0.682 bits per heavy atom. The van der Waals surface area contributed by atoms with E-state index in [2.05, 4.69) is 0 Å². The van der Waals surface area contributed by atoms with E-state index < -0.39 is 17.2 Å². The SMILES string of the molecule is CC(C)c1c(O)cc(/C=C/c2cc(O)c(O)c(O)c2)cc1O. The number of hydrogen-bond donors (Lipinski definition) is 5. The molecule has 0 fully saturated rings. The lowest BCUT2D eigenvalue weighted by atomic mass is 9.98. The summed E-state index contributed by atoms with van der Waals surface area (Å²) in [7, 11) is 0. The summed E-state index contributed by atoms with van der Waals surface area (Å²) >= 11 is 0. The van der Waals surface area contributed by atoms with Crippen molar-refractivity contribution in [3.63, 3.8) is 0 Å². The molecule has 2 aromatic rings. The van der Waals surface area contributed by atoms with E-state index >= 15 is 0 Å². The minimum Gasteiger partial charge on any atom is -0.507 e. The maximum absolute atomic E-state index is 9.96. The van der Waals surface area contributed by atoms with Gasteiger partial charge in [0, 0.05) is 5.56 Å². The summed E-state index contributed by atoms with van der Waals surface area (Å²) in [6, 6.07) is 5.61. The molecule has 0 unspecified atom stereocenters. The highest BCUT2D eigenvalue weighted by molar-refractivity contribution is 5.74. The zero-order chi connectivity index (χ0) is 16.4. The van der Waals surface area contributed by atoms with Crippen LogP contribution in [-0.4, -0.2) is 25.5 Å². The van der Waals surface area contributed by atoms with Crippen molar-refractivity contribution in [2.45, 2.75) is 19.8 Å². The lowest BCUT2D eigenvalue weighted by molar-refractivity contribution is 0.368. The summed E-state index contributed by atoms with van der Waals surface area (Å²) in [4.78, 5) is 0. The molecule has 0 spiro atoms. The van der Waals surface area contributed by atoms with Crippen molar-refractivity contribution in [1.29, 1.82) is 0 Å². The van der Waals surface area contributed by atoms with E-state index in [-0.39, 0.29) is 17.4 Å². The van der Waals surface area contributed by atoms with Crippen molar-refractivity contribution in [3.05, 3.63) is 41.0 Å². The Morgan fingerprint density at radius 3 is 1.41 bits per heavy atom. The number of phenols is 5. The Hall–Kier alpha value is -2.82. The minimum atomic E-state index is -0.575. The highest BCUT2D eigenvalue weighted by Crippen LogP contribution is 2.37. The second-order valence-corrected chi connectivity index (χ2v) is 5.37. The van der Waals surface area contributed by atoms with Crippen molar-refractivity contribution in [2.75, 3.05) is 0 Å². The second-order valence-electron chi connectivity index (χ2n) is 5.37. The van der Waals surface area contributed by atoms with Crippen LogP contribution in [0.25, 0.3) is 12.2 Å². The minimum absolute atomic E-state index is 0.00560. The third-order valence-corrected chi connectivity index (χ3v) is 3.30. The molecule has 0 atom stereocenters. The van der Waals surface area contributed by atoms with Gasteiger partial charge in [-0.25, -0.2) is 0 Å². The highest BCUT2D eigenvalue weighted by Gasteiger charge is 2.12. The predicted octanol–water partition coefficient (Wildman–Crippen LogP) is 3.51. The van der Waals surface area contributed by atoms with Gasteiger partial charge in [0.15, 0.2) is 17.2 Å². The molecule has 0 saturated heterocycles. The van der Waals surface area contributed by atoms with Gasteiger partial charge in [0.25, 0.3) is 0 Å². The van der Waals surface area contributed by atoms with Gasteiger partial charge >= 0.3 is 0 Å². The van der Waals surface area contributed by atoms with E-state index in [1.54, 1.807) is 12.2 Å². The molecule has 2 rings (SSSR count). The lowest BCUT2D eigenvalue weighted by Crippen LogP contribution is -1.90. The van der Waals surface area contributed by atoms with Crippen LogP contribution >= 0.6 is 0 Å². The van der Waals surface area contributed by atoms with E-state index in [0.29, 0.717) is 16.7 Å². The summed E-state index contributed by atoms with van der Waals surface area (Å²) in [6.45, 7) is 3.73. The molecule has 0 aliphatic heterocycles. The van der Waals surface area contributed by atoms with E-state index in [1.165, 1.54) is 24.3 Å². The van der Waals surface area contributed by atoms with Crippen molar-refractivity contribution >= 4 is 12.2 Å². The molecular formula is C17H18O5. The molecule has 0 amide bonds. The maximum atomic E-state index is 9.96. The quantitative estimate of drug-likeness (QED) is 0.441. The molecule has 0 heterocycles. The fourth-order valence-corrected chi connectivity index (χ4v) is 2.25. The smallest absolute Gasteiger partial charge is 0.200 e. The summed E-state index contributed by atoms with van der Waals surface area (Å²) in [5, 5.41) is 48.1. The van der Waals surface area contributed by atoms with E-state index in [9.17, 15) is 25.5 Å². The molecule has 0 aromatic heterocycles. The maximum Gasteiger partial charge on any atom is 0.200 e. The standard InChI is InChI=1S/C17H18O5/c1-9(2)16-12(18)5-10(6-13(16)19)3-4-11-7-14(20)17(22)15(21)8-11/h3-9,18-22H,1-2H3/b4-3+. The van der Waals surface area contributed by atoms with Gasteiger partial charge in [0.2, 0.25) is 0 Å². The van der Waals surface area contributed by atoms with Crippen LogP contribution in [0.15, 0.2) is 24.3 Å². The van der Waals surface area contributed by atoms with E-state index in [1.807, 2.05) is 13.8 Å². The fraction of sp³-hybridized carbons (Fsp3) is 0.176. The normalized spacial score (nSPS) is 11.4. The van der Waals surface area contributed by atoms with Gasteiger partial charge in [-0.3, -0.25) is 0 Å². The average Bonchev–Trinajstić information content (AvgIpc) is 2.41. The lowest BCUT2D eigenvalue weighted by Gasteiger charge is -2.11. The average molecular weight is 302 g/mol. The topological polar surface area (TPSA) is 101 Å². The Morgan fingerprint density at radius 2 is 1.05 bits per heavy atom. The molecule has 0 saturated carbocycles.